The minimum Gasteiger partial charge on any atom is -0.744 e. The van der Waals surface area contributed by atoms with Gasteiger partial charge in [0.1, 0.15) is 25.1 Å². The van der Waals surface area contributed by atoms with Gasteiger partial charge in [-0.25, -0.2) is 16.8 Å². The average Bonchev–Trinajstić information content (AvgIpc) is 2.30. The topological polar surface area (TPSA) is 155 Å². The van der Waals surface area contributed by atoms with Crippen LogP contribution in [0.3, 0.4) is 0 Å². The summed E-state index contributed by atoms with van der Waals surface area (Å²) >= 11 is 0. The molecule has 0 aromatic heterocycles. The molecular weight excluding hydrogens is 390 g/mol. The van der Waals surface area contributed by atoms with Crippen LogP contribution in [-0.4, -0.2) is 36.2 Å². The molecule has 0 saturated carbocycles. The molecule has 2 aromatic carbocycles. The monoisotopic (exact) mass is 396 g/mol. The third-order valence-corrected chi connectivity index (χ3v) is 4.26. The molecule has 22 heavy (non-hydrogen) atoms. The molecule has 0 amide bonds. The first kappa shape index (κ1) is 23.4. The zero-order chi connectivity index (χ0) is 15.3. The summed E-state index contributed by atoms with van der Waals surface area (Å²) in [4.78, 5) is -1.77. The van der Waals surface area contributed by atoms with E-state index < -0.39 is 41.5 Å². The molecule has 0 unspecified atom stereocenters. The summed E-state index contributed by atoms with van der Waals surface area (Å²) in [6.07, 6.45) is 0. The van der Waals surface area contributed by atoms with Crippen molar-refractivity contribution in [1.29, 1.82) is 0 Å². The molecule has 12 heteroatoms. The molecule has 2 aromatic rings. The zero-order valence-electron chi connectivity index (χ0n) is 11.5. The molecule has 0 aliphatic heterocycles. The van der Waals surface area contributed by atoms with Crippen LogP contribution in [0.5, 0.6) is 11.5 Å². The fourth-order valence-corrected chi connectivity index (χ4v) is 2.79. The molecule has 0 radical (unpaired) electrons. The maximum Gasteiger partial charge on any atom is 1.00 e. The summed E-state index contributed by atoms with van der Waals surface area (Å²) in [5, 5.41) is 18.8. The Bertz CT molecular complexity index is 922. The van der Waals surface area contributed by atoms with Gasteiger partial charge in [0, 0.05) is 5.39 Å². The van der Waals surface area contributed by atoms with Crippen LogP contribution in [0.4, 0.5) is 0 Å². The number of rotatable bonds is 2. The van der Waals surface area contributed by atoms with Gasteiger partial charge in [0.05, 0.1) is 4.90 Å². The molecule has 0 spiro atoms. The Morgan fingerprint density at radius 1 is 0.818 bits per heavy atom. The Labute approximate surface area is 211 Å². The molecule has 0 fully saturated rings. The van der Waals surface area contributed by atoms with Crippen molar-refractivity contribution in [2.75, 3.05) is 0 Å². The van der Waals surface area contributed by atoms with E-state index in [0.717, 1.165) is 18.2 Å². The fourth-order valence-electron chi connectivity index (χ4n) is 1.68. The van der Waals surface area contributed by atoms with E-state index >= 15 is 0 Å². The third-order valence-electron chi connectivity index (χ3n) is 2.58. The number of aromatic hydroxyl groups is 2. The van der Waals surface area contributed by atoms with E-state index in [0.29, 0.717) is 6.07 Å². The van der Waals surface area contributed by atoms with Gasteiger partial charge < -0.3 is 19.3 Å². The van der Waals surface area contributed by atoms with Crippen LogP contribution in [0.25, 0.3) is 10.8 Å². The first-order valence-corrected chi connectivity index (χ1v) is 7.74. The van der Waals surface area contributed by atoms with Gasteiger partial charge >= 0.3 is 103 Å². The summed E-state index contributed by atoms with van der Waals surface area (Å²) in [6.45, 7) is 0. The minimum atomic E-state index is -5.08. The van der Waals surface area contributed by atoms with Crippen molar-refractivity contribution < 1.29 is 139 Å². The maximum atomic E-state index is 10.9. The quantitative estimate of drug-likeness (QED) is 0.289. The van der Waals surface area contributed by atoms with Crippen molar-refractivity contribution in [3.8, 4) is 11.5 Å². The average molecular weight is 396 g/mol. The molecule has 108 valence electrons. The van der Waals surface area contributed by atoms with Crippen LogP contribution >= 0.6 is 0 Å². The predicted molar refractivity (Wildman–Crippen MR) is 63.2 cm³/mol. The van der Waals surface area contributed by atoms with Crippen molar-refractivity contribution >= 4 is 31.0 Å². The molecule has 8 nitrogen and oxygen atoms in total. The fraction of sp³-hybridized carbons (Fsp3) is 0. The Balaban J connectivity index is 0.00000220. The van der Waals surface area contributed by atoms with Crippen LogP contribution in [0.15, 0.2) is 34.1 Å². The van der Waals surface area contributed by atoms with E-state index in [9.17, 15) is 36.2 Å². The van der Waals surface area contributed by atoms with Crippen molar-refractivity contribution in [2.24, 2.45) is 0 Å². The third kappa shape index (κ3) is 4.95. The van der Waals surface area contributed by atoms with E-state index in [1.165, 1.54) is 0 Å². The molecular formula is C10H6K2O8S2. The zero-order valence-corrected chi connectivity index (χ0v) is 19.3. The second kappa shape index (κ2) is 8.18. The summed E-state index contributed by atoms with van der Waals surface area (Å²) in [5.74, 6) is -2.03. The van der Waals surface area contributed by atoms with Crippen molar-refractivity contribution in [2.45, 2.75) is 9.79 Å². The molecule has 0 saturated heterocycles. The van der Waals surface area contributed by atoms with Gasteiger partial charge in [-0.3, -0.25) is 0 Å². The van der Waals surface area contributed by atoms with Crippen LogP contribution in [0, 0.1) is 0 Å². The first-order valence-electron chi connectivity index (χ1n) is 4.92. The SMILES string of the molecule is O=S(=O)([O-])c1ccc2c(O)c(O)c(S(=O)(=O)[O-])cc2c1.[K+].[K+]. The Hall–Kier alpha value is 1.39. The van der Waals surface area contributed by atoms with E-state index in [1.807, 2.05) is 0 Å². The number of phenols is 2. The Kier molecular flexibility index (Phi) is 8.70. The summed E-state index contributed by atoms with van der Waals surface area (Å²) < 4.78 is 65.4. The van der Waals surface area contributed by atoms with Crippen LogP contribution < -0.4 is 103 Å². The minimum absolute atomic E-state index is 0. The van der Waals surface area contributed by atoms with Gasteiger partial charge in [0.2, 0.25) is 0 Å². The standard InChI is InChI=1S/C10H8O8S2.2K/c11-9-7-2-1-6(19(13,14)15)3-5(7)4-8(10(9)12)20(16,17)18;;/h1-4,11-12H,(H,13,14,15)(H,16,17,18);;/q;2*+1/p-2. The molecule has 0 atom stereocenters. The van der Waals surface area contributed by atoms with Gasteiger partial charge in [-0.05, 0) is 29.7 Å². The smallest absolute Gasteiger partial charge is 0.744 e. The second-order valence-corrected chi connectivity index (χ2v) is 6.59. The van der Waals surface area contributed by atoms with E-state index in [1.54, 1.807) is 0 Å². The molecule has 2 rings (SSSR count). The van der Waals surface area contributed by atoms with Crippen LogP contribution in [-0.2, 0) is 20.2 Å². The largest absolute Gasteiger partial charge is 1.00 e. The van der Waals surface area contributed by atoms with Crippen LogP contribution in [0.2, 0.25) is 0 Å². The van der Waals surface area contributed by atoms with Gasteiger partial charge in [-0.1, -0.05) is 0 Å². The number of hydrogen-bond donors (Lipinski definition) is 2. The molecule has 0 bridgehead atoms. The summed E-state index contributed by atoms with van der Waals surface area (Å²) in [5.41, 5.74) is 0. The number of phenolic OH excluding ortho intramolecular Hbond substituents is 2. The summed E-state index contributed by atoms with van der Waals surface area (Å²) in [6, 6.07) is 3.37. The van der Waals surface area contributed by atoms with Crippen molar-refractivity contribution in [1.82, 2.24) is 0 Å². The van der Waals surface area contributed by atoms with E-state index in [-0.39, 0.29) is 114 Å². The Morgan fingerprint density at radius 2 is 1.36 bits per heavy atom. The van der Waals surface area contributed by atoms with Gasteiger partial charge in [-0.15, -0.1) is 0 Å². The molecule has 0 aliphatic carbocycles. The Morgan fingerprint density at radius 3 is 1.82 bits per heavy atom. The van der Waals surface area contributed by atoms with Gasteiger partial charge in [0.25, 0.3) is 0 Å². The second-order valence-electron chi connectivity index (χ2n) is 3.86. The predicted octanol–water partition coefficient (Wildman–Crippen LogP) is -5.93. The van der Waals surface area contributed by atoms with E-state index in [4.69, 9.17) is 0 Å². The number of fused-ring (bicyclic) bond motifs is 1. The summed E-state index contributed by atoms with van der Waals surface area (Å²) in [7, 11) is -9.87. The van der Waals surface area contributed by atoms with Crippen molar-refractivity contribution in [3.05, 3.63) is 24.3 Å². The van der Waals surface area contributed by atoms with Crippen molar-refractivity contribution in [3.63, 3.8) is 0 Å². The first-order chi connectivity index (χ1) is 9.01. The van der Waals surface area contributed by atoms with Crippen LogP contribution in [0.1, 0.15) is 0 Å². The van der Waals surface area contributed by atoms with Gasteiger partial charge in [0.15, 0.2) is 11.5 Å². The van der Waals surface area contributed by atoms with E-state index in [2.05, 4.69) is 0 Å². The molecule has 0 heterocycles. The number of hydrogen-bond acceptors (Lipinski definition) is 8. The maximum absolute atomic E-state index is 10.9. The molecule has 0 aliphatic rings. The van der Waals surface area contributed by atoms with Gasteiger partial charge in [-0.2, -0.15) is 0 Å². The normalized spacial score (nSPS) is 11.5. The number of benzene rings is 2. The molecule has 2 N–H and O–H groups in total.